The van der Waals surface area contributed by atoms with E-state index >= 15 is 4.39 Å². The van der Waals surface area contributed by atoms with Gasteiger partial charge in [-0.1, -0.05) is 44.9 Å². The van der Waals surface area contributed by atoms with Crippen molar-refractivity contribution < 1.29 is 4.39 Å². The Labute approximate surface area is 143 Å². The van der Waals surface area contributed by atoms with Crippen LogP contribution in [0.4, 0.5) is 4.39 Å². The molecule has 132 valence electrons. The lowest BCUT2D eigenvalue weighted by Crippen LogP contribution is -2.42. The summed E-state index contributed by atoms with van der Waals surface area (Å²) in [5.41, 5.74) is -0.889. The molecule has 7 unspecified atom stereocenters. The maximum Gasteiger partial charge on any atom is 0.111 e. The molecule has 0 spiro atoms. The molecular formula is C22H37F. The molecule has 0 saturated heterocycles. The Bertz CT molecular complexity index is 401. The second-order valence-electron chi connectivity index (χ2n) is 9.95. The van der Waals surface area contributed by atoms with Crippen molar-refractivity contribution in [3.8, 4) is 0 Å². The molecule has 6 bridgehead atoms. The van der Waals surface area contributed by atoms with Crippen LogP contribution in [-0.2, 0) is 0 Å². The zero-order valence-corrected chi connectivity index (χ0v) is 15.2. The smallest absolute Gasteiger partial charge is 0.111 e. The molecule has 7 atom stereocenters. The normalized spacial score (nSPS) is 51.4. The van der Waals surface area contributed by atoms with Crippen LogP contribution in [0.5, 0.6) is 0 Å². The van der Waals surface area contributed by atoms with E-state index in [0.29, 0.717) is 11.8 Å². The summed E-state index contributed by atoms with van der Waals surface area (Å²) in [6.07, 6.45) is 18.8. The van der Waals surface area contributed by atoms with Crippen molar-refractivity contribution in [3.63, 3.8) is 0 Å². The van der Waals surface area contributed by atoms with E-state index in [1.165, 1.54) is 77.0 Å². The molecule has 4 saturated carbocycles. The van der Waals surface area contributed by atoms with Gasteiger partial charge >= 0.3 is 0 Å². The highest BCUT2D eigenvalue weighted by Gasteiger charge is 2.45. The Hall–Kier alpha value is -0.0700. The fourth-order valence-electron chi connectivity index (χ4n) is 7.17. The summed E-state index contributed by atoms with van der Waals surface area (Å²) in [4.78, 5) is 0. The molecule has 0 aromatic rings. The lowest BCUT2D eigenvalue weighted by molar-refractivity contribution is -0.0162. The first-order valence-electron chi connectivity index (χ1n) is 10.8. The van der Waals surface area contributed by atoms with E-state index in [0.717, 1.165) is 36.5 Å². The molecule has 0 radical (unpaired) electrons. The highest BCUT2D eigenvalue weighted by Crippen LogP contribution is 2.52. The minimum absolute atomic E-state index is 0.369. The Balaban J connectivity index is 1.65. The first kappa shape index (κ1) is 16.4. The van der Waals surface area contributed by atoms with Crippen LogP contribution in [0.15, 0.2) is 0 Å². The van der Waals surface area contributed by atoms with Gasteiger partial charge in [-0.3, -0.25) is 0 Å². The largest absolute Gasteiger partial charge is 0.244 e. The molecule has 4 rings (SSSR count). The molecule has 0 heterocycles. The molecule has 0 N–H and O–H groups in total. The molecule has 0 amide bonds. The molecule has 0 nitrogen and oxygen atoms in total. The maximum atomic E-state index is 15.6. The van der Waals surface area contributed by atoms with Crippen molar-refractivity contribution in [3.05, 3.63) is 0 Å². The Morgan fingerprint density at radius 2 is 1.22 bits per heavy atom. The third-order valence-electron chi connectivity index (χ3n) is 8.38. The van der Waals surface area contributed by atoms with Crippen LogP contribution in [0.3, 0.4) is 0 Å². The van der Waals surface area contributed by atoms with E-state index in [9.17, 15) is 0 Å². The summed E-state index contributed by atoms with van der Waals surface area (Å²) in [6, 6.07) is 0. The van der Waals surface area contributed by atoms with Gasteiger partial charge < -0.3 is 0 Å². The van der Waals surface area contributed by atoms with E-state index in [1.54, 1.807) is 0 Å². The zero-order chi connectivity index (χ0) is 15.9. The highest BCUT2D eigenvalue weighted by atomic mass is 19.1. The second kappa shape index (κ2) is 6.68. The average molecular weight is 321 g/mol. The molecule has 4 aliphatic carbocycles. The lowest BCUT2D eigenvalue weighted by atomic mass is 9.60. The lowest BCUT2D eigenvalue weighted by Gasteiger charge is -2.47. The zero-order valence-electron chi connectivity index (χ0n) is 15.2. The van der Waals surface area contributed by atoms with Crippen LogP contribution in [-0.4, -0.2) is 5.67 Å². The Kier molecular flexibility index (Phi) is 4.76. The third-order valence-corrected chi connectivity index (χ3v) is 8.38. The van der Waals surface area contributed by atoms with Crippen molar-refractivity contribution in [1.82, 2.24) is 0 Å². The van der Waals surface area contributed by atoms with E-state index in [-0.39, 0.29) is 0 Å². The van der Waals surface area contributed by atoms with E-state index in [2.05, 4.69) is 0 Å². The SMILES string of the molecule is CC1(F)CCCCC2CC3CCC(CC4CCCCC3C4)C1C2. The Morgan fingerprint density at radius 3 is 2.04 bits per heavy atom. The minimum atomic E-state index is -0.889. The van der Waals surface area contributed by atoms with E-state index in [4.69, 9.17) is 0 Å². The fraction of sp³-hybridized carbons (Fsp3) is 1.00. The van der Waals surface area contributed by atoms with Crippen LogP contribution in [0.25, 0.3) is 0 Å². The van der Waals surface area contributed by atoms with Crippen LogP contribution >= 0.6 is 0 Å². The summed E-state index contributed by atoms with van der Waals surface area (Å²) in [6.45, 7) is 1.97. The Morgan fingerprint density at radius 1 is 0.652 bits per heavy atom. The number of fused-ring (bicyclic) bond motifs is 9. The molecule has 23 heavy (non-hydrogen) atoms. The van der Waals surface area contributed by atoms with E-state index in [1.807, 2.05) is 6.92 Å². The highest BCUT2D eigenvalue weighted by molar-refractivity contribution is 4.95. The van der Waals surface area contributed by atoms with Crippen molar-refractivity contribution in [1.29, 1.82) is 0 Å². The van der Waals surface area contributed by atoms with Gasteiger partial charge in [-0.25, -0.2) is 4.39 Å². The summed E-state index contributed by atoms with van der Waals surface area (Å²) < 4.78 is 15.6. The molecule has 4 fully saturated rings. The van der Waals surface area contributed by atoms with Gasteiger partial charge in [0, 0.05) is 0 Å². The molecule has 0 aromatic heterocycles. The molecule has 1 heteroatoms. The fourth-order valence-corrected chi connectivity index (χ4v) is 7.17. The quantitative estimate of drug-likeness (QED) is 0.454. The summed E-state index contributed by atoms with van der Waals surface area (Å²) in [5, 5.41) is 0. The first-order valence-corrected chi connectivity index (χ1v) is 10.8. The van der Waals surface area contributed by atoms with Gasteiger partial charge in [0.2, 0.25) is 0 Å². The van der Waals surface area contributed by atoms with Crippen LogP contribution < -0.4 is 0 Å². The van der Waals surface area contributed by atoms with Crippen molar-refractivity contribution in [2.24, 2.45) is 35.5 Å². The number of halogens is 1. The predicted octanol–water partition coefficient (Wildman–Crippen LogP) is 6.93. The average Bonchev–Trinajstić information content (AvgIpc) is 2.72. The molecule has 0 aromatic carbocycles. The minimum Gasteiger partial charge on any atom is -0.244 e. The summed E-state index contributed by atoms with van der Waals surface area (Å²) in [5.74, 6) is 4.82. The predicted molar refractivity (Wildman–Crippen MR) is 95.1 cm³/mol. The maximum absolute atomic E-state index is 15.6. The third kappa shape index (κ3) is 3.49. The second-order valence-corrected chi connectivity index (χ2v) is 9.95. The molecular weight excluding hydrogens is 283 g/mol. The van der Waals surface area contributed by atoms with Crippen molar-refractivity contribution in [2.45, 2.75) is 102 Å². The number of rotatable bonds is 0. The summed E-state index contributed by atoms with van der Waals surface area (Å²) in [7, 11) is 0. The summed E-state index contributed by atoms with van der Waals surface area (Å²) >= 11 is 0. The van der Waals surface area contributed by atoms with E-state index < -0.39 is 5.67 Å². The number of hydrogen-bond donors (Lipinski definition) is 0. The monoisotopic (exact) mass is 320 g/mol. The van der Waals surface area contributed by atoms with Crippen LogP contribution in [0, 0.1) is 35.5 Å². The molecule has 0 aliphatic heterocycles. The van der Waals surface area contributed by atoms with Crippen molar-refractivity contribution >= 4 is 0 Å². The van der Waals surface area contributed by atoms with Gasteiger partial charge in [0.25, 0.3) is 0 Å². The number of alkyl halides is 1. The van der Waals surface area contributed by atoms with Gasteiger partial charge in [-0.05, 0) is 87.4 Å². The van der Waals surface area contributed by atoms with Gasteiger partial charge in [0.1, 0.15) is 5.67 Å². The number of hydrogen-bond acceptors (Lipinski definition) is 0. The van der Waals surface area contributed by atoms with Gasteiger partial charge in [-0.15, -0.1) is 0 Å². The van der Waals surface area contributed by atoms with Gasteiger partial charge in [0.15, 0.2) is 0 Å². The van der Waals surface area contributed by atoms with Gasteiger partial charge in [-0.2, -0.15) is 0 Å². The van der Waals surface area contributed by atoms with Crippen LogP contribution in [0.2, 0.25) is 0 Å². The first-order chi connectivity index (χ1) is 11.1. The van der Waals surface area contributed by atoms with Gasteiger partial charge in [0.05, 0.1) is 0 Å². The molecule has 4 aliphatic rings. The standard InChI is InChI=1S/C22H37F/c1-22(23)11-5-4-7-17-13-19-9-10-20(21(22)15-17)14-16-6-2-3-8-18(19)12-16/h16-21H,2-15H2,1H3. The topological polar surface area (TPSA) is 0 Å². The van der Waals surface area contributed by atoms with Crippen molar-refractivity contribution in [2.75, 3.05) is 0 Å². The van der Waals surface area contributed by atoms with Crippen LogP contribution in [0.1, 0.15) is 96.8 Å².